The lowest BCUT2D eigenvalue weighted by atomic mass is 9.53. The predicted octanol–water partition coefficient (Wildman–Crippen LogP) is 1.11. The smallest absolute Gasteiger partial charge is 0.235 e. The highest BCUT2D eigenvalue weighted by Crippen LogP contribution is 2.51. The zero-order valence-corrected chi connectivity index (χ0v) is 21.1. The average Bonchev–Trinajstić information content (AvgIpc) is 2.89. The van der Waals surface area contributed by atoms with Crippen molar-refractivity contribution in [2.45, 2.75) is 37.8 Å². The number of nitrogens with two attached hydrogens (primary N) is 1. The van der Waals surface area contributed by atoms with Crippen molar-refractivity contribution in [2.24, 2.45) is 29.4 Å². The van der Waals surface area contributed by atoms with Crippen molar-refractivity contribution in [3.8, 4) is 29.2 Å². The van der Waals surface area contributed by atoms with Gasteiger partial charge in [-0.25, -0.2) is 0 Å². The molecule has 5 rings (SSSR count). The zero-order chi connectivity index (χ0) is 28.1. The number of ketones is 4. The lowest BCUT2D eigenvalue weighted by Gasteiger charge is -2.48. The second-order valence-electron chi connectivity index (χ2n) is 10.6. The number of aromatic hydroxyl groups is 1. The molecule has 2 aromatic carbocycles. The number of primary amides is 1. The molecule has 0 aromatic heterocycles. The van der Waals surface area contributed by atoms with Crippen LogP contribution < -0.4 is 11.1 Å². The topological polar surface area (TPSA) is 164 Å². The van der Waals surface area contributed by atoms with Gasteiger partial charge in [-0.3, -0.25) is 24.0 Å². The number of Topliss-reactive ketones (excluding diaryl/α,β-unsaturated/α-hetero) is 4. The molecule has 0 bridgehead atoms. The fourth-order valence-electron chi connectivity index (χ4n) is 6.43. The number of nitrogens with one attached hydrogen (secondary N) is 1. The van der Waals surface area contributed by atoms with E-state index < -0.39 is 58.3 Å². The third-order valence-corrected chi connectivity index (χ3v) is 8.33. The summed E-state index contributed by atoms with van der Waals surface area (Å²) in [4.78, 5) is 64.6. The molecule has 0 heterocycles. The molecule has 2 unspecified atom stereocenters. The molecule has 2 fully saturated rings. The summed E-state index contributed by atoms with van der Waals surface area (Å²) in [6.07, 6.45) is 5.82. The zero-order valence-electron chi connectivity index (χ0n) is 21.1. The summed E-state index contributed by atoms with van der Waals surface area (Å²) >= 11 is 0. The lowest BCUT2D eigenvalue weighted by molar-refractivity contribution is -0.175. The van der Waals surface area contributed by atoms with Crippen LogP contribution in [0.1, 0.15) is 40.7 Å². The number of hydrogen-bond acceptors (Lipinski definition) is 8. The Labute approximate surface area is 224 Å². The normalized spacial score (nSPS) is 27.8. The second-order valence-corrected chi connectivity index (χ2v) is 10.6. The molecular weight excluding hydrogens is 500 g/mol. The molecule has 3 aliphatic carbocycles. The number of aliphatic hydroxyl groups is 1. The number of carbonyl (C=O) groups excluding carboxylic acids is 5. The number of phenols is 1. The number of hydrogen-bond donors (Lipinski definition) is 4. The van der Waals surface area contributed by atoms with E-state index in [1.54, 1.807) is 6.07 Å². The molecule has 0 aliphatic heterocycles. The highest BCUT2D eigenvalue weighted by Gasteiger charge is 2.66. The van der Waals surface area contributed by atoms with Crippen molar-refractivity contribution in [2.75, 3.05) is 6.54 Å². The van der Waals surface area contributed by atoms with E-state index in [9.17, 15) is 34.2 Å². The molecule has 5 N–H and O–H groups in total. The Morgan fingerprint density at radius 2 is 1.79 bits per heavy atom. The summed E-state index contributed by atoms with van der Waals surface area (Å²) in [5.41, 5.74) is 5.70. The minimum absolute atomic E-state index is 0.0186. The first-order valence-electron chi connectivity index (χ1n) is 12.8. The first-order chi connectivity index (χ1) is 18.6. The van der Waals surface area contributed by atoms with E-state index in [4.69, 9.17) is 12.2 Å². The molecule has 2 aromatic rings. The van der Waals surface area contributed by atoms with E-state index >= 15 is 0 Å². The van der Waals surface area contributed by atoms with E-state index in [0.29, 0.717) is 25.1 Å². The van der Waals surface area contributed by atoms with E-state index in [1.165, 1.54) is 6.07 Å². The largest absolute Gasteiger partial charge is 0.507 e. The molecule has 1 amide bonds. The Bertz CT molecular complexity index is 1450. The third-order valence-electron chi connectivity index (χ3n) is 8.33. The number of amides is 1. The summed E-state index contributed by atoms with van der Waals surface area (Å²) in [5.74, 6) is -7.62. The molecule has 39 heavy (non-hydrogen) atoms. The summed E-state index contributed by atoms with van der Waals surface area (Å²) in [6, 6.07) is 10.8. The fraction of sp³-hybridized carbons (Fsp3) is 0.367. The highest BCUT2D eigenvalue weighted by molar-refractivity contribution is 6.31. The predicted molar refractivity (Wildman–Crippen MR) is 139 cm³/mol. The molecule has 3 aliphatic rings. The quantitative estimate of drug-likeness (QED) is 0.246. The van der Waals surface area contributed by atoms with E-state index in [-0.39, 0.29) is 30.6 Å². The van der Waals surface area contributed by atoms with E-state index in [0.717, 1.165) is 16.7 Å². The van der Waals surface area contributed by atoms with Crippen molar-refractivity contribution in [1.82, 2.24) is 5.32 Å². The molecule has 5 atom stereocenters. The van der Waals surface area contributed by atoms with Gasteiger partial charge in [-0.15, -0.1) is 12.3 Å². The highest BCUT2D eigenvalue weighted by atomic mass is 16.3. The van der Waals surface area contributed by atoms with Crippen LogP contribution in [0, 0.1) is 36.0 Å². The Hall–Kier alpha value is -4.13. The van der Waals surface area contributed by atoms with Gasteiger partial charge in [0.1, 0.15) is 5.75 Å². The Morgan fingerprint density at radius 3 is 2.46 bits per heavy atom. The molecule has 200 valence electrons. The molecule has 2 saturated carbocycles. The maximum absolute atomic E-state index is 13.7. The number of terminal acetylenes is 1. The minimum atomic E-state index is -2.65. The molecule has 0 spiro atoms. The summed E-state index contributed by atoms with van der Waals surface area (Å²) in [7, 11) is 0. The number of phenolic OH excluding ortho intramolecular Hbond substituents is 1. The molecule has 0 radical (unpaired) electrons. The van der Waals surface area contributed by atoms with Gasteiger partial charge in [0.2, 0.25) is 5.91 Å². The van der Waals surface area contributed by atoms with E-state index in [2.05, 4.69) is 11.2 Å². The first kappa shape index (κ1) is 26.5. The van der Waals surface area contributed by atoms with Crippen LogP contribution >= 0.6 is 0 Å². The Balaban J connectivity index is 1.49. The number of fused-ring (bicyclic) bond motifs is 3. The fourth-order valence-corrected chi connectivity index (χ4v) is 6.43. The van der Waals surface area contributed by atoms with Gasteiger partial charge in [0.15, 0.2) is 34.7 Å². The van der Waals surface area contributed by atoms with Gasteiger partial charge in [0, 0.05) is 31.8 Å². The number of benzene rings is 2. The van der Waals surface area contributed by atoms with Crippen molar-refractivity contribution >= 4 is 29.0 Å². The second kappa shape index (κ2) is 9.88. The maximum atomic E-state index is 13.7. The van der Waals surface area contributed by atoms with Crippen LogP contribution in [0.5, 0.6) is 5.75 Å². The lowest BCUT2D eigenvalue weighted by Crippen LogP contribution is -2.68. The van der Waals surface area contributed by atoms with Crippen LogP contribution in [0.4, 0.5) is 0 Å². The van der Waals surface area contributed by atoms with Gasteiger partial charge in [-0.05, 0) is 47.1 Å². The van der Waals surface area contributed by atoms with Gasteiger partial charge in [0.05, 0.1) is 11.5 Å². The summed E-state index contributed by atoms with van der Waals surface area (Å²) in [5, 5.41) is 25.2. The van der Waals surface area contributed by atoms with Crippen molar-refractivity contribution < 1.29 is 34.2 Å². The summed E-state index contributed by atoms with van der Waals surface area (Å²) < 4.78 is 0. The van der Waals surface area contributed by atoms with Crippen molar-refractivity contribution in [3.05, 3.63) is 53.1 Å². The van der Waals surface area contributed by atoms with Crippen LogP contribution in [-0.2, 0) is 32.1 Å². The number of rotatable bonds is 6. The molecule has 0 saturated heterocycles. The Morgan fingerprint density at radius 1 is 1.08 bits per heavy atom. The summed E-state index contributed by atoms with van der Waals surface area (Å²) in [6.45, 7) is 1.34. The van der Waals surface area contributed by atoms with Crippen LogP contribution in [0.2, 0.25) is 0 Å². The van der Waals surface area contributed by atoms with E-state index in [1.807, 2.05) is 24.3 Å². The van der Waals surface area contributed by atoms with Crippen LogP contribution in [-0.4, -0.2) is 51.4 Å². The molecule has 9 nitrogen and oxygen atoms in total. The Kier molecular flexibility index (Phi) is 6.70. The van der Waals surface area contributed by atoms with Gasteiger partial charge in [-0.2, -0.15) is 0 Å². The van der Waals surface area contributed by atoms with Crippen LogP contribution in [0.15, 0.2) is 36.4 Å². The van der Waals surface area contributed by atoms with Crippen LogP contribution in [0.3, 0.4) is 0 Å². The van der Waals surface area contributed by atoms with Gasteiger partial charge in [-0.1, -0.05) is 30.3 Å². The monoisotopic (exact) mass is 528 g/mol. The molecule has 9 heteroatoms. The first-order valence-corrected chi connectivity index (χ1v) is 12.8. The van der Waals surface area contributed by atoms with Gasteiger partial charge in [0.25, 0.3) is 0 Å². The van der Waals surface area contributed by atoms with Crippen LogP contribution in [0.25, 0.3) is 11.1 Å². The third kappa shape index (κ3) is 4.17. The average molecular weight is 529 g/mol. The SMILES string of the molecule is C#CCCNCc1ccc(-c2ccc(O)c3c2C[C@H]2C[C@H]4CC(=O)C(C(N)=O)C(=O)[C@@]4(O)C(=O)C2C3=O)cc1. The van der Waals surface area contributed by atoms with Crippen molar-refractivity contribution in [3.63, 3.8) is 0 Å². The maximum Gasteiger partial charge on any atom is 0.235 e. The van der Waals surface area contributed by atoms with Crippen molar-refractivity contribution in [1.29, 1.82) is 0 Å². The van der Waals surface area contributed by atoms with Gasteiger partial charge >= 0.3 is 0 Å². The van der Waals surface area contributed by atoms with Gasteiger partial charge < -0.3 is 21.3 Å². The minimum Gasteiger partial charge on any atom is -0.507 e. The standard InChI is InChI=1S/C30H28N2O7/c1-2-3-10-32-14-15-4-6-16(7-5-15)19-8-9-21(33)24-20(19)12-17-11-18-13-22(34)25(29(31)38)28(37)30(18,39)27(36)23(17)26(24)35/h1,4-9,17-18,23,25,32-33,39H,3,10-14H2,(H2,31,38)/t17-,18+,23?,25?,30+/m1/s1. The molecular formula is C30H28N2O7. The number of carbonyl (C=O) groups is 5.